The van der Waals surface area contributed by atoms with Crippen molar-refractivity contribution in [1.82, 2.24) is 10.6 Å². The van der Waals surface area contributed by atoms with Crippen LogP contribution in [-0.2, 0) is 4.79 Å². The lowest BCUT2D eigenvalue weighted by atomic mass is 9.84. The van der Waals surface area contributed by atoms with Crippen LogP contribution in [0.15, 0.2) is 24.3 Å². The van der Waals surface area contributed by atoms with E-state index in [0.717, 1.165) is 48.0 Å². The van der Waals surface area contributed by atoms with Crippen LogP contribution in [0.25, 0.3) is 0 Å². The van der Waals surface area contributed by atoms with Gasteiger partial charge in [-0.05, 0) is 34.7 Å². The van der Waals surface area contributed by atoms with Gasteiger partial charge in [-0.2, -0.15) is 0 Å². The summed E-state index contributed by atoms with van der Waals surface area (Å²) in [6.07, 6.45) is 3.10. The number of piperidine rings is 1. The molecule has 2 aliphatic heterocycles. The number of benzene rings is 1. The van der Waals surface area contributed by atoms with E-state index in [2.05, 4.69) is 40.3 Å². The van der Waals surface area contributed by atoms with E-state index in [9.17, 15) is 9.59 Å². The Bertz CT molecular complexity index is 626. The van der Waals surface area contributed by atoms with Crippen molar-refractivity contribution < 1.29 is 14.1 Å². The number of rotatable bonds is 5. The van der Waals surface area contributed by atoms with Crippen molar-refractivity contribution in [3.8, 4) is 0 Å². The Morgan fingerprint density at radius 1 is 1.25 bits per heavy atom. The molecule has 1 aromatic carbocycles. The van der Waals surface area contributed by atoms with Gasteiger partial charge in [0.05, 0.1) is 13.6 Å². The van der Waals surface area contributed by atoms with Crippen LogP contribution in [0.2, 0.25) is 0 Å². The molecule has 5 nitrogen and oxygen atoms in total. The second kappa shape index (κ2) is 7.09. The van der Waals surface area contributed by atoms with E-state index in [1.807, 2.05) is 24.3 Å². The van der Waals surface area contributed by atoms with Gasteiger partial charge in [-0.25, -0.2) is 0 Å². The molecular formula is C18H25IN3O2+. The SMILES string of the molecule is C[N+]1(CCCC(=O)c2ccc(I)cc2)CNC(=O)C12CCNCC2. The fraction of sp³-hybridized carbons (Fsp3) is 0.556. The second-order valence-electron chi connectivity index (χ2n) is 7.10. The fourth-order valence-electron chi connectivity index (χ4n) is 4.08. The molecule has 2 N–H and O–H groups in total. The van der Waals surface area contributed by atoms with E-state index in [0.29, 0.717) is 17.6 Å². The first-order valence-corrected chi connectivity index (χ1v) is 9.67. The van der Waals surface area contributed by atoms with Gasteiger partial charge in [0.1, 0.15) is 0 Å². The molecule has 0 saturated carbocycles. The van der Waals surface area contributed by atoms with E-state index in [4.69, 9.17) is 0 Å². The number of hydrogen-bond donors (Lipinski definition) is 2. The van der Waals surface area contributed by atoms with Crippen LogP contribution in [0.4, 0.5) is 0 Å². The average molecular weight is 442 g/mol. The number of ketones is 1. The van der Waals surface area contributed by atoms with Crippen molar-refractivity contribution >= 4 is 34.3 Å². The van der Waals surface area contributed by atoms with E-state index in [-0.39, 0.29) is 17.2 Å². The van der Waals surface area contributed by atoms with Crippen LogP contribution in [0, 0.1) is 3.57 Å². The lowest BCUT2D eigenvalue weighted by Crippen LogP contribution is -2.64. The summed E-state index contributed by atoms with van der Waals surface area (Å²) in [4.78, 5) is 24.9. The van der Waals surface area contributed by atoms with Gasteiger partial charge in [0.2, 0.25) is 0 Å². The summed E-state index contributed by atoms with van der Waals surface area (Å²) >= 11 is 2.24. The third-order valence-electron chi connectivity index (χ3n) is 5.70. The standard InChI is InChI=1S/C18H24IN3O2/c1-22(13-21-17(24)18(22)8-10-20-11-9-18)12-2-3-16(23)14-4-6-15(19)7-5-14/h4-7,20H,2-3,8-13H2,1H3/p+1. The summed E-state index contributed by atoms with van der Waals surface area (Å²) in [7, 11) is 2.17. The molecule has 0 bridgehead atoms. The summed E-state index contributed by atoms with van der Waals surface area (Å²) in [5, 5.41) is 6.42. The molecular weight excluding hydrogens is 417 g/mol. The lowest BCUT2D eigenvalue weighted by Gasteiger charge is -2.45. The first kappa shape index (κ1) is 17.8. The van der Waals surface area contributed by atoms with E-state index < -0.39 is 0 Å². The third-order valence-corrected chi connectivity index (χ3v) is 6.42. The molecule has 2 saturated heterocycles. The van der Waals surface area contributed by atoms with Crippen molar-refractivity contribution in [3.05, 3.63) is 33.4 Å². The van der Waals surface area contributed by atoms with Gasteiger partial charge in [0.15, 0.2) is 18.0 Å². The minimum Gasteiger partial charge on any atom is -0.316 e. The predicted molar refractivity (Wildman–Crippen MR) is 102 cm³/mol. The molecule has 130 valence electrons. The lowest BCUT2D eigenvalue weighted by molar-refractivity contribution is -0.943. The third kappa shape index (κ3) is 3.23. The van der Waals surface area contributed by atoms with Gasteiger partial charge in [-0.15, -0.1) is 0 Å². The summed E-state index contributed by atoms with van der Waals surface area (Å²) < 4.78 is 1.85. The van der Waals surface area contributed by atoms with Crippen LogP contribution >= 0.6 is 22.6 Å². The quantitative estimate of drug-likeness (QED) is 0.416. The van der Waals surface area contributed by atoms with Crippen LogP contribution < -0.4 is 10.6 Å². The minimum absolute atomic E-state index is 0.190. The molecule has 0 aliphatic carbocycles. The number of halogens is 1. The first-order chi connectivity index (χ1) is 11.5. The maximum atomic E-state index is 12.5. The highest BCUT2D eigenvalue weighted by molar-refractivity contribution is 14.1. The number of likely N-dealkylation sites (N-methyl/N-ethyl adjacent to an activating group) is 1. The van der Waals surface area contributed by atoms with Crippen LogP contribution in [0.3, 0.4) is 0 Å². The number of carbonyl (C=O) groups is 2. The molecule has 3 rings (SSSR count). The smallest absolute Gasteiger partial charge is 0.285 e. The highest BCUT2D eigenvalue weighted by Crippen LogP contribution is 2.36. The zero-order valence-electron chi connectivity index (χ0n) is 14.1. The van der Waals surface area contributed by atoms with Crippen molar-refractivity contribution in [1.29, 1.82) is 0 Å². The van der Waals surface area contributed by atoms with Crippen molar-refractivity contribution in [3.63, 3.8) is 0 Å². The Morgan fingerprint density at radius 3 is 2.58 bits per heavy atom. The minimum atomic E-state index is -0.308. The molecule has 1 atom stereocenters. The summed E-state index contributed by atoms with van der Waals surface area (Å²) in [5.74, 6) is 0.381. The van der Waals surface area contributed by atoms with Crippen LogP contribution in [-0.4, -0.2) is 55.1 Å². The van der Waals surface area contributed by atoms with Crippen LogP contribution in [0.5, 0.6) is 0 Å². The molecule has 1 amide bonds. The average Bonchev–Trinajstić information content (AvgIpc) is 2.82. The number of carbonyl (C=O) groups excluding carboxylic acids is 2. The molecule has 0 radical (unpaired) electrons. The van der Waals surface area contributed by atoms with Gasteiger partial charge in [0.25, 0.3) is 5.91 Å². The van der Waals surface area contributed by atoms with Gasteiger partial charge >= 0.3 is 0 Å². The summed E-state index contributed by atoms with van der Waals surface area (Å²) in [5.41, 5.74) is 0.474. The van der Waals surface area contributed by atoms with Gasteiger partial charge in [-0.3, -0.25) is 14.1 Å². The Kier molecular flexibility index (Phi) is 5.27. The number of Topliss-reactive ketones (excluding diaryl/α,β-unsaturated/α-hetero) is 1. The molecule has 1 aromatic rings. The number of hydrogen-bond acceptors (Lipinski definition) is 3. The van der Waals surface area contributed by atoms with Gasteiger partial charge in [-0.1, -0.05) is 12.1 Å². The molecule has 1 spiro atoms. The molecule has 2 heterocycles. The Balaban J connectivity index is 1.61. The summed E-state index contributed by atoms with van der Waals surface area (Å²) in [6.45, 7) is 3.32. The largest absolute Gasteiger partial charge is 0.316 e. The number of amides is 1. The van der Waals surface area contributed by atoms with E-state index in [1.54, 1.807) is 0 Å². The zero-order chi connectivity index (χ0) is 17.2. The van der Waals surface area contributed by atoms with Gasteiger partial charge < -0.3 is 10.6 Å². The molecule has 0 aromatic heterocycles. The molecule has 24 heavy (non-hydrogen) atoms. The molecule has 6 heteroatoms. The van der Waals surface area contributed by atoms with Crippen molar-refractivity contribution in [2.75, 3.05) is 33.4 Å². The summed E-state index contributed by atoms with van der Waals surface area (Å²) in [6, 6.07) is 7.73. The van der Waals surface area contributed by atoms with Crippen molar-refractivity contribution in [2.24, 2.45) is 0 Å². The number of nitrogens with one attached hydrogen (secondary N) is 2. The maximum Gasteiger partial charge on any atom is 0.285 e. The van der Waals surface area contributed by atoms with E-state index in [1.165, 1.54) is 0 Å². The second-order valence-corrected chi connectivity index (χ2v) is 8.34. The van der Waals surface area contributed by atoms with Crippen molar-refractivity contribution in [2.45, 2.75) is 31.2 Å². The topological polar surface area (TPSA) is 58.2 Å². The number of nitrogens with zero attached hydrogens (tertiary/aromatic N) is 1. The fourth-order valence-corrected chi connectivity index (χ4v) is 4.44. The molecule has 2 aliphatic rings. The first-order valence-electron chi connectivity index (χ1n) is 8.59. The molecule has 2 fully saturated rings. The van der Waals surface area contributed by atoms with E-state index >= 15 is 0 Å². The monoisotopic (exact) mass is 442 g/mol. The number of quaternary nitrogens is 1. The van der Waals surface area contributed by atoms with Gasteiger partial charge in [0, 0.05) is 47.9 Å². The zero-order valence-corrected chi connectivity index (χ0v) is 16.3. The Morgan fingerprint density at radius 2 is 1.92 bits per heavy atom. The predicted octanol–water partition coefficient (Wildman–Crippen LogP) is 1.91. The van der Waals surface area contributed by atoms with Crippen LogP contribution in [0.1, 0.15) is 36.0 Å². The Hall–Kier alpha value is -0.990. The molecule has 1 unspecified atom stereocenters. The normalized spacial score (nSPS) is 25.7. The highest BCUT2D eigenvalue weighted by atomic mass is 127. The Labute approximate surface area is 156 Å². The highest BCUT2D eigenvalue weighted by Gasteiger charge is 2.58. The maximum absolute atomic E-state index is 12.5.